The van der Waals surface area contributed by atoms with E-state index < -0.39 is 0 Å². The van der Waals surface area contributed by atoms with Gasteiger partial charge >= 0.3 is 0 Å². The molecule has 0 saturated heterocycles. The molecule has 156 valence electrons. The van der Waals surface area contributed by atoms with Crippen molar-refractivity contribution < 1.29 is 19.0 Å². The number of carbonyl (C=O) groups excluding carboxylic acids is 1. The molecule has 2 aromatic carbocycles. The van der Waals surface area contributed by atoms with Crippen LogP contribution in [-0.4, -0.2) is 37.0 Å². The summed E-state index contributed by atoms with van der Waals surface area (Å²) in [6.07, 6.45) is 0. The van der Waals surface area contributed by atoms with Crippen molar-refractivity contribution in [2.24, 2.45) is 0 Å². The molecule has 30 heavy (non-hydrogen) atoms. The number of ether oxygens (including phenoxy) is 3. The van der Waals surface area contributed by atoms with Gasteiger partial charge in [0.1, 0.15) is 5.82 Å². The lowest BCUT2D eigenvalue weighted by molar-refractivity contribution is 0.102. The van der Waals surface area contributed by atoms with Crippen molar-refractivity contribution in [2.75, 3.05) is 26.6 Å². The second-order valence-corrected chi connectivity index (χ2v) is 7.95. The molecule has 0 atom stereocenters. The zero-order valence-electron chi connectivity index (χ0n) is 16.7. The van der Waals surface area contributed by atoms with Gasteiger partial charge in [-0.05, 0) is 36.4 Å². The fourth-order valence-corrected chi connectivity index (χ4v) is 4.46. The average Bonchev–Trinajstić information content (AvgIpc) is 3.35. The number of fused-ring (bicyclic) bond motifs is 1. The van der Waals surface area contributed by atoms with Crippen LogP contribution in [0.15, 0.2) is 36.4 Å². The first-order chi connectivity index (χ1) is 14.5. The van der Waals surface area contributed by atoms with Crippen molar-refractivity contribution in [3.8, 4) is 22.9 Å². The molecule has 1 aliphatic heterocycles. The van der Waals surface area contributed by atoms with Crippen molar-refractivity contribution >= 4 is 35.1 Å². The number of benzene rings is 2. The minimum atomic E-state index is -0.302. The molecule has 9 heteroatoms. The highest BCUT2D eigenvalue weighted by Crippen LogP contribution is 2.39. The normalized spacial score (nSPS) is 12.4. The number of methoxy groups -OCH3 is 3. The van der Waals surface area contributed by atoms with Gasteiger partial charge in [-0.15, -0.1) is 0 Å². The molecular weight excluding hydrogens is 426 g/mol. The van der Waals surface area contributed by atoms with E-state index in [9.17, 15) is 4.79 Å². The van der Waals surface area contributed by atoms with Gasteiger partial charge in [0.25, 0.3) is 5.91 Å². The van der Waals surface area contributed by atoms with Crippen LogP contribution in [0.2, 0.25) is 5.02 Å². The van der Waals surface area contributed by atoms with Crippen molar-refractivity contribution in [1.29, 1.82) is 0 Å². The quantitative estimate of drug-likeness (QED) is 0.600. The van der Waals surface area contributed by atoms with E-state index in [4.69, 9.17) is 30.9 Å². The van der Waals surface area contributed by atoms with Crippen LogP contribution < -0.4 is 19.5 Å². The number of hydrogen-bond acceptors (Lipinski definition) is 6. The molecular formula is C21H20ClN3O4S. The maximum Gasteiger partial charge on any atom is 0.257 e. The van der Waals surface area contributed by atoms with Crippen molar-refractivity contribution in [3.05, 3.63) is 58.2 Å². The number of rotatable bonds is 6. The summed E-state index contributed by atoms with van der Waals surface area (Å²) >= 11 is 7.79. The molecule has 0 aliphatic carbocycles. The number of hydrogen-bond donors (Lipinski definition) is 1. The summed E-state index contributed by atoms with van der Waals surface area (Å²) in [6, 6.07) is 10.6. The summed E-state index contributed by atoms with van der Waals surface area (Å²) in [5.74, 6) is 3.19. The standard InChI is InChI=1S/C21H20ClN3O4S/c1-27-17-8-12(9-18(28-2)19(17)29-3)21(26)23-20-15-10-30-11-16(15)24-25(20)14-6-4-13(22)5-7-14/h4-9H,10-11H2,1-3H3,(H,23,26). The van der Waals surface area contributed by atoms with Gasteiger partial charge in [-0.2, -0.15) is 16.9 Å². The zero-order chi connectivity index (χ0) is 21.3. The summed E-state index contributed by atoms with van der Waals surface area (Å²) in [5, 5.41) is 8.36. The van der Waals surface area contributed by atoms with Crippen LogP contribution in [0.25, 0.3) is 5.69 Å². The molecule has 0 spiro atoms. The van der Waals surface area contributed by atoms with Crippen molar-refractivity contribution in [1.82, 2.24) is 9.78 Å². The molecule has 7 nitrogen and oxygen atoms in total. The second-order valence-electron chi connectivity index (χ2n) is 6.52. The Morgan fingerprint density at radius 3 is 2.33 bits per heavy atom. The predicted octanol–water partition coefficient (Wildman–Crippen LogP) is 4.55. The minimum absolute atomic E-state index is 0.302. The number of thioether (sulfide) groups is 1. The maximum atomic E-state index is 13.2. The molecule has 0 fully saturated rings. The molecule has 3 aromatic rings. The van der Waals surface area contributed by atoms with Crippen LogP contribution in [0.4, 0.5) is 5.82 Å². The Hall–Kier alpha value is -2.84. The summed E-state index contributed by atoms with van der Waals surface area (Å²) in [4.78, 5) is 13.2. The van der Waals surface area contributed by atoms with Crippen molar-refractivity contribution in [2.45, 2.75) is 11.5 Å². The van der Waals surface area contributed by atoms with Gasteiger partial charge < -0.3 is 19.5 Å². The van der Waals surface area contributed by atoms with E-state index >= 15 is 0 Å². The third-order valence-electron chi connectivity index (χ3n) is 4.78. The van der Waals surface area contributed by atoms with E-state index in [0.717, 1.165) is 28.5 Å². The third-order valence-corrected chi connectivity index (χ3v) is 6.00. The lowest BCUT2D eigenvalue weighted by atomic mass is 10.1. The number of nitrogens with one attached hydrogen (secondary N) is 1. The topological polar surface area (TPSA) is 74.6 Å². The lowest BCUT2D eigenvalue weighted by Gasteiger charge is -2.15. The van der Waals surface area contributed by atoms with Gasteiger partial charge in [0.2, 0.25) is 5.75 Å². The average molecular weight is 446 g/mol. The zero-order valence-corrected chi connectivity index (χ0v) is 18.3. The van der Waals surface area contributed by atoms with Crippen molar-refractivity contribution in [3.63, 3.8) is 0 Å². The second kappa shape index (κ2) is 8.49. The molecule has 1 aromatic heterocycles. The first-order valence-corrected chi connectivity index (χ1v) is 10.6. The highest BCUT2D eigenvalue weighted by Gasteiger charge is 2.26. The molecule has 1 amide bonds. The van der Waals surface area contributed by atoms with Gasteiger partial charge in [0, 0.05) is 27.7 Å². The fourth-order valence-electron chi connectivity index (χ4n) is 3.30. The van der Waals surface area contributed by atoms with Gasteiger partial charge in [-0.25, -0.2) is 4.68 Å². The Labute approximate surface area is 183 Å². The number of anilines is 1. The number of nitrogens with zero attached hydrogens (tertiary/aromatic N) is 2. The Morgan fingerprint density at radius 2 is 1.73 bits per heavy atom. The first-order valence-electron chi connectivity index (χ1n) is 9.11. The third kappa shape index (κ3) is 3.68. The minimum Gasteiger partial charge on any atom is -0.493 e. The number of carbonyl (C=O) groups is 1. The van der Waals surface area contributed by atoms with E-state index in [2.05, 4.69) is 5.32 Å². The van der Waals surface area contributed by atoms with E-state index in [1.807, 2.05) is 12.1 Å². The molecule has 1 N–H and O–H groups in total. The van der Waals surface area contributed by atoms with Gasteiger partial charge in [-0.1, -0.05) is 11.6 Å². The lowest BCUT2D eigenvalue weighted by Crippen LogP contribution is -2.16. The van der Waals surface area contributed by atoms with Crippen LogP contribution in [0.1, 0.15) is 21.6 Å². The summed E-state index contributed by atoms with van der Waals surface area (Å²) in [5.41, 5.74) is 3.19. The Balaban J connectivity index is 1.73. The van der Waals surface area contributed by atoms with Crippen LogP contribution >= 0.6 is 23.4 Å². The summed E-state index contributed by atoms with van der Waals surface area (Å²) in [7, 11) is 4.54. The van der Waals surface area contributed by atoms with Gasteiger partial charge in [0.15, 0.2) is 11.5 Å². The highest BCUT2D eigenvalue weighted by molar-refractivity contribution is 7.98. The molecule has 4 rings (SSSR count). The summed E-state index contributed by atoms with van der Waals surface area (Å²) < 4.78 is 17.8. The smallest absolute Gasteiger partial charge is 0.257 e. The van der Waals surface area contributed by atoms with Crippen LogP contribution in [0.3, 0.4) is 0 Å². The molecule has 0 radical (unpaired) electrons. The highest BCUT2D eigenvalue weighted by atomic mass is 35.5. The van der Waals surface area contributed by atoms with Crippen LogP contribution in [-0.2, 0) is 11.5 Å². The van der Waals surface area contributed by atoms with E-state index in [0.29, 0.717) is 33.7 Å². The Morgan fingerprint density at radius 1 is 1.07 bits per heavy atom. The number of halogens is 1. The monoisotopic (exact) mass is 445 g/mol. The Kier molecular flexibility index (Phi) is 5.78. The molecule has 0 saturated carbocycles. The predicted molar refractivity (Wildman–Crippen MR) is 118 cm³/mol. The fraction of sp³-hybridized carbons (Fsp3) is 0.238. The Bertz CT molecular complexity index is 1070. The maximum absolute atomic E-state index is 13.2. The largest absolute Gasteiger partial charge is 0.493 e. The van der Waals surface area contributed by atoms with E-state index in [-0.39, 0.29) is 5.91 Å². The molecule has 1 aliphatic rings. The molecule has 2 heterocycles. The summed E-state index contributed by atoms with van der Waals surface area (Å²) in [6.45, 7) is 0. The van der Waals surface area contributed by atoms with E-state index in [1.54, 1.807) is 40.7 Å². The van der Waals surface area contributed by atoms with Crippen LogP contribution in [0, 0.1) is 0 Å². The molecule has 0 bridgehead atoms. The number of aromatic nitrogens is 2. The van der Waals surface area contributed by atoms with Crippen LogP contribution in [0.5, 0.6) is 17.2 Å². The SMILES string of the molecule is COc1cc(C(=O)Nc2c3c(nn2-c2ccc(Cl)cc2)CSC3)cc(OC)c1OC. The van der Waals surface area contributed by atoms with E-state index in [1.165, 1.54) is 21.3 Å². The first kappa shape index (κ1) is 20.4. The van der Waals surface area contributed by atoms with Gasteiger partial charge in [-0.3, -0.25) is 4.79 Å². The van der Waals surface area contributed by atoms with Gasteiger partial charge in [0.05, 0.1) is 32.7 Å². The number of amides is 1. The molecule has 0 unspecified atom stereocenters.